The summed E-state index contributed by atoms with van der Waals surface area (Å²) in [5, 5.41) is 12.8. The van der Waals surface area contributed by atoms with Crippen molar-refractivity contribution in [1.29, 1.82) is 0 Å². The molecule has 0 spiro atoms. The maximum absolute atomic E-state index is 9.27. The number of nitrogens with zero attached hydrogens (tertiary/aromatic N) is 1. The van der Waals surface area contributed by atoms with Crippen LogP contribution in [0.5, 0.6) is 0 Å². The third-order valence-electron chi connectivity index (χ3n) is 4.27. The van der Waals surface area contributed by atoms with Gasteiger partial charge in [-0.15, -0.1) is 0 Å². The lowest BCUT2D eigenvalue weighted by atomic mass is 9.74. The predicted octanol–water partition coefficient (Wildman–Crippen LogP) is 4.57. The Morgan fingerprint density at radius 1 is 0.850 bits per heavy atom. The van der Waals surface area contributed by atoms with Gasteiger partial charge < -0.3 is 5.21 Å². The average Bonchev–Trinajstić information content (AvgIpc) is 2.56. The Morgan fingerprint density at radius 2 is 1.45 bits per heavy atom. The van der Waals surface area contributed by atoms with Crippen molar-refractivity contribution in [3.8, 4) is 0 Å². The molecule has 2 heteroatoms. The Kier molecular flexibility index (Phi) is 3.82. The molecule has 1 aliphatic rings. The summed E-state index contributed by atoms with van der Waals surface area (Å²) in [6, 6.07) is 21.0. The highest BCUT2D eigenvalue weighted by Crippen LogP contribution is 2.39. The first-order valence-corrected chi connectivity index (χ1v) is 7.19. The summed E-state index contributed by atoms with van der Waals surface area (Å²) in [4.78, 5) is 0. The van der Waals surface area contributed by atoms with Gasteiger partial charge in [-0.2, -0.15) is 0 Å². The maximum atomic E-state index is 9.27. The molecule has 3 rings (SSSR count). The molecular weight excluding hydrogens is 246 g/mol. The zero-order chi connectivity index (χ0) is 13.8. The van der Waals surface area contributed by atoms with Crippen LogP contribution in [0.15, 0.2) is 65.8 Å². The second-order valence-electron chi connectivity index (χ2n) is 5.44. The van der Waals surface area contributed by atoms with Crippen molar-refractivity contribution in [2.75, 3.05) is 0 Å². The van der Waals surface area contributed by atoms with Gasteiger partial charge in [-0.3, -0.25) is 0 Å². The van der Waals surface area contributed by atoms with E-state index < -0.39 is 0 Å². The molecule has 20 heavy (non-hydrogen) atoms. The van der Waals surface area contributed by atoms with Gasteiger partial charge in [0.2, 0.25) is 0 Å². The van der Waals surface area contributed by atoms with E-state index in [-0.39, 0.29) is 5.92 Å². The second kappa shape index (κ2) is 5.91. The molecule has 2 unspecified atom stereocenters. The summed E-state index contributed by atoms with van der Waals surface area (Å²) in [5.41, 5.74) is 3.56. The maximum Gasteiger partial charge on any atom is 0.0645 e. The van der Waals surface area contributed by atoms with Crippen LogP contribution >= 0.6 is 0 Å². The Bertz CT molecular complexity index is 577. The van der Waals surface area contributed by atoms with E-state index in [2.05, 4.69) is 59.8 Å². The van der Waals surface area contributed by atoms with Gasteiger partial charge in [-0.1, -0.05) is 65.8 Å². The number of benzene rings is 2. The molecule has 1 saturated carbocycles. The monoisotopic (exact) mass is 265 g/mol. The van der Waals surface area contributed by atoms with Crippen molar-refractivity contribution in [3.05, 3.63) is 71.8 Å². The van der Waals surface area contributed by atoms with Gasteiger partial charge in [0.15, 0.2) is 0 Å². The first kappa shape index (κ1) is 12.9. The highest BCUT2D eigenvalue weighted by Gasteiger charge is 2.29. The molecule has 2 nitrogen and oxygen atoms in total. The third kappa shape index (κ3) is 2.60. The van der Waals surface area contributed by atoms with Crippen LogP contribution in [0, 0.1) is 0 Å². The van der Waals surface area contributed by atoms with Crippen molar-refractivity contribution in [3.63, 3.8) is 0 Å². The minimum absolute atomic E-state index is 0.236. The normalized spacial score (nSPS) is 24.7. The molecule has 0 saturated heterocycles. The highest BCUT2D eigenvalue weighted by atomic mass is 16.4. The molecular formula is C18H19NO. The van der Waals surface area contributed by atoms with Gasteiger partial charge in [-0.05, 0) is 36.3 Å². The Balaban J connectivity index is 1.87. The van der Waals surface area contributed by atoms with Crippen LogP contribution < -0.4 is 0 Å². The molecule has 102 valence electrons. The summed E-state index contributed by atoms with van der Waals surface area (Å²) < 4.78 is 0. The lowest BCUT2D eigenvalue weighted by molar-refractivity contribution is 0.311. The first-order valence-electron chi connectivity index (χ1n) is 7.19. The Morgan fingerprint density at radius 3 is 2.05 bits per heavy atom. The van der Waals surface area contributed by atoms with E-state index in [0.29, 0.717) is 5.92 Å². The van der Waals surface area contributed by atoms with Crippen LogP contribution in [0.3, 0.4) is 0 Å². The number of oxime groups is 1. The molecule has 1 N–H and O–H groups in total. The molecule has 0 amide bonds. The predicted molar refractivity (Wildman–Crippen MR) is 81.4 cm³/mol. The molecule has 0 aliphatic heterocycles. The topological polar surface area (TPSA) is 32.6 Å². The zero-order valence-corrected chi connectivity index (χ0v) is 11.4. The SMILES string of the molecule is O/N=C1\CCC(c2ccccc2)CC1c1ccccc1. The molecule has 0 bridgehead atoms. The Hall–Kier alpha value is -2.09. The third-order valence-corrected chi connectivity index (χ3v) is 4.27. The van der Waals surface area contributed by atoms with E-state index in [1.807, 2.05) is 6.07 Å². The van der Waals surface area contributed by atoms with Gasteiger partial charge in [0, 0.05) is 5.92 Å². The van der Waals surface area contributed by atoms with E-state index in [9.17, 15) is 5.21 Å². The summed E-state index contributed by atoms with van der Waals surface area (Å²) in [6.45, 7) is 0. The summed E-state index contributed by atoms with van der Waals surface area (Å²) in [6.07, 6.45) is 2.95. The minimum Gasteiger partial charge on any atom is -0.411 e. The van der Waals surface area contributed by atoms with Crippen molar-refractivity contribution in [1.82, 2.24) is 0 Å². The smallest absolute Gasteiger partial charge is 0.0645 e. The molecule has 0 aromatic heterocycles. The van der Waals surface area contributed by atoms with Crippen molar-refractivity contribution < 1.29 is 5.21 Å². The molecule has 0 radical (unpaired) electrons. The molecule has 0 heterocycles. The first-order chi connectivity index (χ1) is 9.88. The molecule has 1 fully saturated rings. The van der Waals surface area contributed by atoms with Crippen LogP contribution in [0.25, 0.3) is 0 Å². The molecule has 2 aromatic carbocycles. The fourth-order valence-corrected chi connectivity index (χ4v) is 3.20. The molecule has 2 aromatic rings. The number of hydrogen-bond acceptors (Lipinski definition) is 2. The summed E-state index contributed by atoms with van der Waals surface area (Å²) >= 11 is 0. The van der Waals surface area contributed by atoms with Crippen LogP contribution in [-0.4, -0.2) is 10.9 Å². The van der Waals surface area contributed by atoms with Crippen molar-refractivity contribution >= 4 is 5.71 Å². The van der Waals surface area contributed by atoms with Gasteiger partial charge in [0.1, 0.15) is 0 Å². The van der Waals surface area contributed by atoms with Gasteiger partial charge in [0.05, 0.1) is 5.71 Å². The summed E-state index contributed by atoms with van der Waals surface area (Å²) in [7, 11) is 0. The minimum atomic E-state index is 0.236. The molecule has 2 atom stereocenters. The fraction of sp³-hybridized carbons (Fsp3) is 0.278. The van der Waals surface area contributed by atoms with E-state index in [0.717, 1.165) is 25.0 Å². The Labute approximate surface area is 119 Å². The largest absolute Gasteiger partial charge is 0.411 e. The van der Waals surface area contributed by atoms with Gasteiger partial charge in [0.25, 0.3) is 0 Å². The van der Waals surface area contributed by atoms with E-state index in [1.54, 1.807) is 0 Å². The van der Waals surface area contributed by atoms with E-state index in [4.69, 9.17) is 0 Å². The number of rotatable bonds is 2. The standard InChI is InChI=1S/C18H19NO/c20-19-18-12-11-16(14-7-3-1-4-8-14)13-17(18)15-9-5-2-6-10-15/h1-10,16-17,20H,11-13H2/b19-18+. The quantitative estimate of drug-likeness (QED) is 0.626. The van der Waals surface area contributed by atoms with Crippen molar-refractivity contribution in [2.45, 2.75) is 31.1 Å². The van der Waals surface area contributed by atoms with Crippen LogP contribution in [0.2, 0.25) is 0 Å². The van der Waals surface area contributed by atoms with Gasteiger partial charge in [-0.25, -0.2) is 0 Å². The van der Waals surface area contributed by atoms with Crippen LogP contribution in [0.1, 0.15) is 42.2 Å². The zero-order valence-electron chi connectivity index (χ0n) is 11.4. The van der Waals surface area contributed by atoms with Crippen molar-refractivity contribution in [2.24, 2.45) is 5.16 Å². The average molecular weight is 265 g/mol. The van der Waals surface area contributed by atoms with E-state index in [1.165, 1.54) is 11.1 Å². The fourth-order valence-electron chi connectivity index (χ4n) is 3.20. The second-order valence-corrected chi connectivity index (χ2v) is 5.44. The lowest BCUT2D eigenvalue weighted by Crippen LogP contribution is -2.22. The highest BCUT2D eigenvalue weighted by molar-refractivity contribution is 5.91. The number of hydrogen-bond donors (Lipinski definition) is 1. The van der Waals surface area contributed by atoms with Gasteiger partial charge >= 0.3 is 0 Å². The van der Waals surface area contributed by atoms with E-state index >= 15 is 0 Å². The molecule has 1 aliphatic carbocycles. The van der Waals surface area contributed by atoms with Crippen LogP contribution in [0.4, 0.5) is 0 Å². The summed E-state index contributed by atoms with van der Waals surface area (Å²) in [5.74, 6) is 0.784. The lowest BCUT2D eigenvalue weighted by Gasteiger charge is -2.30. The van der Waals surface area contributed by atoms with Crippen LogP contribution in [-0.2, 0) is 0 Å².